The number of amides is 1. The maximum absolute atomic E-state index is 12.3. The van der Waals surface area contributed by atoms with Crippen molar-refractivity contribution in [2.45, 2.75) is 32.6 Å². The maximum Gasteiger partial charge on any atom is 0.232 e. The summed E-state index contributed by atoms with van der Waals surface area (Å²) in [5.74, 6) is 0.0121. The van der Waals surface area contributed by atoms with Gasteiger partial charge in [-0.1, -0.05) is 17.7 Å². The molecule has 0 N–H and O–H groups in total. The molecule has 0 unspecified atom stereocenters. The van der Waals surface area contributed by atoms with E-state index in [-0.39, 0.29) is 18.9 Å². The van der Waals surface area contributed by atoms with Gasteiger partial charge in [0, 0.05) is 31.1 Å². The Labute approximate surface area is 143 Å². The van der Waals surface area contributed by atoms with Crippen LogP contribution in [-0.2, 0) is 14.8 Å². The molecule has 1 heterocycles. The highest BCUT2D eigenvalue weighted by Crippen LogP contribution is 2.28. The monoisotopic (exact) mass is 358 g/mol. The van der Waals surface area contributed by atoms with Crippen LogP contribution >= 0.6 is 11.6 Å². The van der Waals surface area contributed by atoms with Crippen molar-refractivity contribution < 1.29 is 13.2 Å². The number of nitrogens with zero attached hydrogens (tertiary/aromatic N) is 2. The summed E-state index contributed by atoms with van der Waals surface area (Å²) in [7, 11) is -3.48. The number of hydrogen-bond acceptors (Lipinski definition) is 3. The number of likely N-dealkylation sites (tertiary alicyclic amines) is 1. The van der Waals surface area contributed by atoms with E-state index in [1.165, 1.54) is 4.31 Å². The van der Waals surface area contributed by atoms with Gasteiger partial charge in [-0.25, -0.2) is 8.42 Å². The Morgan fingerprint density at radius 3 is 2.52 bits per heavy atom. The molecule has 0 atom stereocenters. The van der Waals surface area contributed by atoms with Gasteiger partial charge in [-0.15, -0.1) is 0 Å². The van der Waals surface area contributed by atoms with E-state index in [0.717, 1.165) is 38.6 Å². The summed E-state index contributed by atoms with van der Waals surface area (Å²) < 4.78 is 25.6. The summed E-state index contributed by atoms with van der Waals surface area (Å²) in [4.78, 5) is 14.1. The van der Waals surface area contributed by atoms with Gasteiger partial charge in [-0.2, -0.15) is 0 Å². The van der Waals surface area contributed by atoms with Crippen LogP contribution in [0, 0.1) is 6.92 Å². The van der Waals surface area contributed by atoms with Gasteiger partial charge in [0.15, 0.2) is 0 Å². The lowest BCUT2D eigenvalue weighted by Crippen LogP contribution is -2.39. The first-order valence-electron chi connectivity index (χ1n) is 7.81. The first-order valence-corrected chi connectivity index (χ1v) is 10.0. The summed E-state index contributed by atoms with van der Waals surface area (Å²) in [5.41, 5.74) is 1.23. The Balaban J connectivity index is 2.14. The van der Waals surface area contributed by atoms with E-state index in [2.05, 4.69) is 0 Å². The molecule has 0 aromatic heterocycles. The van der Waals surface area contributed by atoms with Crippen LogP contribution in [-0.4, -0.2) is 45.1 Å². The number of piperidine rings is 1. The average Bonchev–Trinajstić information content (AvgIpc) is 2.51. The number of carbonyl (C=O) groups is 1. The number of hydrogen-bond donors (Lipinski definition) is 0. The molecule has 1 amide bonds. The normalized spacial score (nSPS) is 15.5. The van der Waals surface area contributed by atoms with E-state index in [1.54, 1.807) is 25.1 Å². The van der Waals surface area contributed by atoms with Crippen LogP contribution in [0.25, 0.3) is 0 Å². The lowest BCUT2D eigenvalue weighted by Gasteiger charge is -2.29. The molecule has 0 bridgehead atoms. The predicted molar refractivity (Wildman–Crippen MR) is 93.4 cm³/mol. The number of anilines is 1. The van der Waals surface area contributed by atoms with E-state index < -0.39 is 10.0 Å². The molecule has 23 heavy (non-hydrogen) atoms. The topological polar surface area (TPSA) is 57.7 Å². The van der Waals surface area contributed by atoms with Crippen molar-refractivity contribution in [3.63, 3.8) is 0 Å². The first-order chi connectivity index (χ1) is 10.8. The zero-order valence-corrected chi connectivity index (χ0v) is 15.2. The Morgan fingerprint density at radius 1 is 1.26 bits per heavy atom. The zero-order valence-electron chi connectivity index (χ0n) is 13.6. The van der Waals surface area contributed by atoms with E-state index in [1.807, 2.05) is 4.90 Å². The van der Waals surface area contributed by atoms with Gasteiger partial charge in [-0.05, 0) is 43.9 Å². The fourth-order valence-corrected chi connectivity index (χ4v) is 3.98. The molecule has 1 aliphatic heterocycles. The summed E-state index contributed by atoms with van der Waals surface area (Å²) >= 11 is 6.10. The van der Waals surface area contributed by atoms with E-state index in [9.17, 15) is 13.2 Å². The fraction of sp³-hybridized carbons (Fsp3) is 0.562. The lowest BCUT2D eigenvalue weighted by atomic mass is 10.1. The molecule has 2 rings (SSSR count). The highest BCUT2D eigenvalue weighted by Gasteiger charge is 2.23. The fourth-order valence-electron chi connectivity index (χ4n) is 2.83. The van der Waals surface area contributed by atoms with Crippen molar-refractivity contribution in [3.8, 4) is 0 Å². The molecule has 5 nitrogen and oxygen atoms in total. The van der Waals surface area contributed by atoms with Gasteiger partial charge in [0.05, 0.1) is 11.9 Å². The number of benzene rings is 1. The summed E-state index contributed by atoms with van der Waals surface area (Å²) in [6.45, 7) is 3.46. The van der Waals surface area contributed by atoms with Crippen molar-refractivity contribution in [3.05, 3.63) is 28.8 Å². The Kier molecular flexibility index (Phi) is 5.92. The summed E-state index contributed by atoms with van der Waals surface area (Å²) in [5, 5.41) is 0.513. The van der Waals surface area contributed by atoms with Crippen LogP contribution < -0.4 is 4.31 Å². The van der Waals surface area contributed by atoms with Crippen LogP contribution in [0.15, 0.2) is 18.2 Å². The molecule has 7 heteroatoms. The van der Waals surface area contributed by atoms with Crippen LogP contribution in [0.3, 0.4) is 0 Å². The second-order valence-electron chi connectivity index (χ2n) is 5.91. The van der Waals surface area contributed by atoms with E-state index >= 15 is 0 Å². The summed E-state index contributed by atoms with van der Waals surface area (Å²) in [6.07, 6.45) is 4.53. The van der Waals surface area contributed by atoms with Gasteiger partial charge in [0.2, 0.25) is 15.9 Å². The van der Waals surface area contributed by atoms with Crippen LogP contribution in [0.4, 0.5) is 5.69 Å². The third kappa shape index (κ3) is 4.61. The molecule has 1 aromatic rings. The summed E-state index contributed by atoms with van der Waals surface area (Å²) in [6, 6.07) is 5.16. The molecule has 0 aliphatic carbocycles. The molecule has 1 aromatic carbocycles. The second-order valence-corrected chi connectivity index (χ2v) is 8.22. The molecule has 0 saturated carbocycles. The number of sulfonamides is 1. The van der Waals surface area contributed by atoms with Gasteiger partial charge >= 0.3 is 0 Å². The predicted octanol–water partition coefficient (Wildman–Crippen LogP) is 2.82. The smallest absolute Gasteiger partial charge is 0.232 e. The molecule has 0 radical (unpaired) electrons. The van der Waals surface area contributed by atoms with Crippen molar-refractivity contribution in [2.24, 2.45) is 0 Å². The van der Waals surface area contributed by atoms with Crippen LogP contribution in [0.5, 0.6) is 0 Å². The molecular formula is C16H23ClN2O3S. The minimum atomic E-state index is -3.48. The van der Waals surface area contributed by atoms with Gasteiger partial charge < -0.3 is 4.90 Å². The van der Waals surface area contributed by atoms with Crippen molar-refractivity contribution in [1.29, 1.82) is 0 Å². The first kappa shape index (κ1) is 18.1. The molecule has 0 spiro atoms. The Morgan fingerprint density at radius 2 is 1.91 bits per heavy atom. The van der Waals surface area contributed by atoms with Crippen LogP contribution in [0.1, 0.15) is 31.2 Å². The van der Waals surface area contributed by atoms with Gasteiger partial charge in [0.25, 0.3) is 0 Å². The maximum atomic E-state index is 12.3. The Hall–Kier alpha value is -1.27. The third-order valence-electron chi connectivity index (χ3n) is 4.15. The highest BCUT2D eigenvalue weighted by atomic mass is 35.5. The molecule has 128 valence electrons. The van der Waals surface area contributed by atoms with Gasteiger partial charge in [0.1, 0.15) is 0 Å². The largest absolute Gasteiger partial charge is 0.343 e. The van der Waals surface area contributed by atoms with Crippen molar-refractivity contribution in [1.82, 2.24) is 4.90 Å². The third-order valence-corrected chi connectivity index (χ3v) is 5.74. The second kappa shape index (κ2) is 7.53. The number of halogens is 1. The van der Waals surface area contributed by atoms with E-state index in [0.29, 0.717) is 16.3 Å². The number of carbonyl (C=O) groups excluding carboxylic acids is 1. The molecule has 1 saturated heterocycles. The van der Waals surface area contributed by atoms with Crippen molar-refractivity contribution in [2.75, 3.05) is 30.2 Å². The Bertz CT molecular complexity index is 670. The molecular weight excluding hydrogens is 336 g/mol. The quantitative estimate of drug-likeness (QED) is 0.813. The SMILES string of the molecule is Cc1c(Cl)cccc1N(CCC(=O)N1CCCCC1)S(C)(=O)=O. The van der Waals surface area contributed by atoms with Crippen molar-refractivity contribution >= 4 is 33.2 Å². The minimum Gasteiger partial charge on any atom is -0.343 e. The molecule has 1 fully saturated rings. The van der Waals surface area contributed by atoms with Crippen LogP contribution in [0.2, 0.25) is 5.02 Å². The zero-order chi connectivity index (χ0) is 17.0. The highest BCUT2D eigenvalue weighted by molar-refractivity contribution is 7.92. The minimum absolute atomic E-state index is 0.0121. The molecule has 1 aliphatic rings. The average molecular weight is 359 g/mol. The number of rotatable bonds is 5. The lowest BCUT2D eigenvalue weighted by molar-refractivity contribution is -0.131. The standard InChI is InChI=1S/C16H23ClN2O3S/c1-13-14(17)7-6-8-15(13)19(23(2,21)22)12-9-16(20)18-10-4-3-5-11-18/h6-8H,3-5,9-12H2,1-2H3. The van der Waals surface area contributed by atoms with Gasteiger partial charge in [-0.3, -0.25) is 9.10 Å². The van der Waals surface area contributed by atoms with E-state index in [4.69, 9.17) is 11.6 Å².